The van der Waals surface area contributed by atoms with E-state index < -0.39 is 25.8 Å². The Kier molecular flexibility index (Phi) is 8.78. The molecule has 5 N–H and O–H groups in total. The van der Waals surface area contributed by atoms with Gasteiger partial charge in [-0.15, -0.1) is 0 Å². The van der Waals surface area contributed by atoms with Gasteiger partial charge in [0.15, 0.2) is 0 Å². The molecule has 1 rings (SSSR count). The van der Waals surface area contributed by atoms with E-state index in [4.69, 9.17) is 10.5 Å². The Labute approximate surface area is 150 Å². The maximum Gasteiger partial charge on any atom is 0.352 e. The Hall–Kier alpha value is -0.720. The van der Waals surface area contributed by atoms with E-state index in [0.29, 0.717) is 0 Å². The van der Waals surface area contributed by atoms with Gasteiger partial charge in [0.1, 0.15) is 0 Å². The summed E-state index contributed by atoms with van der Waals surface area (Å²) in [5.41, 5.74) is 6.17. The van der Waals surface area contributed by atoms with E-state index in [1.807, 2.05) is 27.7 Å². The average Bonchev–Trinajstić information content (AvgIpc) is 2.55. The van der Waals surface area contributed by atoms with Crippen molar-refractivity contribution >= 4 is 13.5 Å². The molecule has 0 fully saturated rings. The van der Waals surface area contributed by atoms with E-state index in [1.54, 1.807) is 0 Å². The van der Waals surface area contributed by atoms with E-state index >= 15 is 0 Å². The molecule has 3 atom stereocenters. The van der Waals surface area contributed by atoms with Crippen molar-refractivity contribution in [2.45, 2.75) is 84.1 Å². The number of amides is 1. The minimum absolute atomic E-state index is 0.0102. The van der Waals surface area contributed by atoms with Gasteiger partial charge in [0, 0.05) is 17.3 Å². The first kappa shape index (κ1) is 22.3. The maximum absolute atomic E-state index is 12.5. The van der Waals surface area contributed by atoms with Crippen molar-refractivity contribution < 1.29 is 23.9 Å². The minimum Gasteiger partial charge on any atom is -0.369 e. The van der Waals surface area contributed by atoms with Crippen molar-refractivity contribution in [3.63, 3.8) is 0 Å². The highest BCUT2D eigenvalue weighted by Crippen LogP contribution is 2.49. The minimum atomic E-state index is -4.38. The van der Waals surface area contributed by atoms with E-state index in [2.05, 4.69) is 5.32 Å². The van der Waals surface area contributed by atoms with Crippen molar-refractivity contribution in [1.82, 2.24) is 5.32 Å². The fourth-order valence-corrected chi connectivity index (χ4v) is 3.94. The van der Waals surface area contributed by atoms with Gasteiger partial charge in [-0.2, -0.15) is 0 Å². The number of carbonyl (C=O) groups excluding carboxylic acids is 1. The van der Waals surface area contributed by atoms with Crippen molar-refractivity contribution in [2.75, 3.05) is 0 Å². The summed E-state index contributed by atoms with van der Waals surface area (Å²) in [7, 11) is -4.38. The van der Waals surface area contributed by atoms with E-state index in [-0.39, 0.29) is 29.7 Å². The molecule has 0 bridgehead atoms. The first-order valence-electron chi connectivity index (χ1n) is 9.15. The highest BCUT2D eigenvalue weighted by atomic mass is 31.2. The average molecular weight is 376 g/mol. The Morgan fingerprint density at radius 2 is 1.84 bits per heavy atom. The molecule has 0 saturated heterocycles. The predicted octanol–water partition coefficient (Wildman–Crippen LogP) is 2.27. The number of nitrogens with one attached hydrogen (secondary N) is 1. The summed E-state index contributed by atoms with van der Waals surface area (Å²) in [6.45, 7) is 7.89. The van der Waals surface area contributed by atoms with Crippen LogP contribution >= 0.6 is 7.60 Å². The van der Waals surface area contributed by atoms with Gasteiger partial charge in [-0.3, -0.25) is 9.36 Å². The molecule has 1 aliphatic rings. The molecule has 0 saturated carbocycles. The van der Waals surface area contributed by atoms with Gasteiger partial charge >= 0.3 is 7.60 Å². The first-order valence-corrected chi connectivity index (χ1v) is 10.8. The van der Waals surface area contributed by atoms with Crippen LogP contribution in [0, 0.1) is 5.92 Å². The Morgan fingerprint density at radius 1 is 1.28 bits per heavy atom. The fourth-order valence-electron chi connectivity index (χ4n) is 3.15. The topological polar surface area (TPSA) is 122 Å². The predicted molar refractivity (Wildman–Crippen MR) is 98.0 cm³/mol. The lowest BCUT2D eigenvalue weighted by Gasteiger charge is -2.38. The van der Waals surface area contributed by atoms with Crippen LogP contribution in [-0.4, -0.2) is 40.0 Å². The van der Waals surface area contributed by atoms with Crippen LogP contribution < -0.4 is 11.1 Å². The van der Waals surface area contributed by atoms with Crippen molar-refractivity contribution in [3.8, 4) is 0 Å². The monoisotopic (exact) mass is 376 g/mol. The molecule has 0 aromatic carbocycles. The molecular formula is C17H33N2O5P. The van der Waals surface area contributed by atoms with E-state index in [0.717, 1.165) is 25.7 Å². The molecule has 0 spiro atoms. The lowest BCUT2D eigenvalue weighted by Crippen LogP contribution is -2.57. The maximum atomic E-state index is 12.5. The Balaban J connectivity index is 3.08. The SMILES string of the molecule is CCC(CC)O[C@@H]1C=C(P(=O)(O)O)C[C@H](N)[C@H]1NC(=O)C(CC)CC. The van der Waals surface area contributed by atoms with Crippen LogP contribution in [-0.2, 0) is 14.1 Å². The van der Waals surface area contributed by atoms with Crippen molar-refractivity contribution in [3.05, 3.63) is 11.4 Å². The van der Waals surface area contributed by atoms with Gasteiger partial charge in [0.05, 0.1) is 18.2 Å². The second kappa shape index (κ2) is 9.83. The van der Waals surface area contributed by atoms with Crippen LogP contribution in [0.2, 0.25) is 0 Å². The highest BCUT2D eigenvalue weighted by Gasteiger charge is 2.39. The summed E-state index contributed by atoms with van der Waals surface area (Å²) < 4.78 is 17.7. The second-order valence-corrected chi connectivity index (χ2v) is 8.32. The van der Waals surface area contributed by atoms with Gasteiger partial charge in [-0.05, 0) is 38.2 Å². The van der Waals surface area contributed by atoms with Crippen LogP contribution in [0.4, 0.5) is 0 Å². The number of rotatable bonds is 9. The summed E-state index contributed by atoms with van der Waals surface area (Å²) in [5, 5.41) is 2.95. The van der Waals surface area contributed by atoms with Gasteiger partial charge in [0.25, 0.3) is 0 Å². The van der Waals surface area contributed by atoms with E-state index in [9.17, 15) is 19.1 Å². The van der Waals surface area contributed by atoms with Crippen LogP contribution in [0.25, 0.3) is 0 Å². The summed E-state index contributed by atoms with van der Waals surface area (Å²) in [4.78, 5) is 31.5. The normalized spacial score (nSPS) is 24.5. The molecule has 146 valence electrons. The molecular weight excluding hydrogens is 343 g/mol. The van der Waals surface area contributed by atoms with Gasteiger partial charge < -0.3 is 25.6 Å². The first-order chi connectivity index (χ1) is 11.7. The fraction of sp³-hybridized carbons (Fsp3) is 0.824. The largest absolute Gasteiger partial charge is 0.369 e. The summed E-state index contributed by atoms with van der Waals surface area (Å²) >= 11 is 0. The zero-order valence-electron chi connectivity index (χ0n) is 15.6. The number of ether oxygens (including phenoxy) is 1. The quantitative estimate of drug-likeness (QED) is 0.458. The standard InChI is InChI=1S/C17H33N2O5P/c1-5-11(6-2)17(20)19-16-14(18)9-13(25(21,22)23)10-15(16)24-12(7-3)8-4/h10-12,14-16H,5-9,18H2,1-4H3,(H,19,20)(H2,21,22,23)/t14-,15+,16+/m0/s1. The summed E-state index contributed by atoms with van der Waals surface area (Å²) in [6.07, 6.45) is 3.80. The zero-order valence-corrected chi connectivity index (χ0v) is 16.5. The van der Waals surface area contributed by atoms with Crippen LogP contribution in [0.1, 0.15) is 59.8 Å². The highest BCUT2D eigenvalue weighted by molar-refractivity contribution is 7.56. The zero-order chi connectivity index (χ0) is 19.2. The van der Waals surface area contributed by atoms with Crippen LogP contribution in [0.3, 0.4) is 0 Å². The molecule has 1 aliphatic carbocycles. The molecule has 8 heteroatoms. The Bertz CT molecular complexity index is 511. The molecule has 25 heavy (non-hydrogen) atoms. The Morgan fingerprint density at radius 3 is 2.28 bits per heavy atom. The van der Waals surface area contributed by atoms with Crippen LogP contribution in [0.15, 0.2) is 11.4 Å². The third-order valence-electron chi connectivity index (χ3n) is 4.92. The molecule has 0 radical (unpaired) electrons. The summed E-state index contributed by atoms with van der Waals surface area (Å²) in [6, 6.07) is -1.10. The van der Waals surface area contributed by atoms with E-state index in [1.165, 1.54) is 6.08 Å². The lowest BCUT2D eigenvalue weighted by molar-refractivity contribution is -0.127. The third-order valence-corrected chi connectivity index (χ3v) is 6.00. The van der Waals surface area contributed by atoms with Crippen molar-refractivity contribution in [2.24, 2.45) is 11.7 Å². The van der Waals surface area contributed by atoms with Crippen LogP contribution in [0.5, 0.6) is 0 Å². The second-order valence-electron chi connectivity index (χ2n) is 6.66. The van der Waals surface area contributed by atoms with Gasteiger partial charge in [0.2, 0.25) is 5.91 Å². The molecule has 0 aromatic rings. The summed E-state index contributed by atoms with van der Waals surface area (Å²) in [5.74, 6) is -0.190. The smallest absolute Gasteiger partial charge is 0.352 e. The molecule has 1 amide bonds. The molecule has 0 heterocycles. The molecule has 0 aliphatic heterocycles. The lowest BCUT2D eigenvalue weighted by atomic mass is 9.92. The van der Waals surface area contributed by atoms with Crippen molar-refractivity contribution in [1.29, 1.82) is 0 Å². The number of carbonyl (C=O) groups is 1. The third kappa shape index (κ3) is 6.19. The number of hydrogen-bond acceptors (Lipinski definition) is 4. The van der Waals surface area contributed by atoms with Gasteiger partial charge in [-0.25, -0.2) is 0 Å². The molecule has 0 aromatic heterocycles. The number of hydrogen-bond donors (Lipinski definition) is 4. The molecule has 7 nitrogen and oxygen atoms in total. The number of nitrogens with two attached hydrogens (primary N) is 1. The van der Waals surface area contributed by atoms with Gasteiger partial charge in [-0.1, -0.05) is 27.7 Å². The molecule has 0 unspecified atom stereocenters.